The Balaban J connectivity index is 1.52. The molecule has 3 aromatic rings. The fourth-order valence-electron chi connectivity index (χ4n) is 7.29. The van der Waals surface area contributed by atoms with Crippen LogP contribution in [0.4, 0.5) is 19.0 Å². The van der Waals surface area contributed by atoms with Crippen molar-refractivity contribution in [2.45, 2.75) is 88.6 Å². The van der Waals surface area contributed by atoms with E-state index in [1.54, 1.807) is 0 Å². The van der Waals surface area contributed by atoms with Crippen molar-refractivity contribution < 1.29 is 25.7 Å². The highest BCUT2D eigenvalue weighted by molar-refractivity contribution is 7.91. The molecule has 9 nitrogen and oxygen atoms in total. The Kier molecular flexibility index (Phi) is 8.31. The second-order valence-electron chi connectivity index (χ2n) is 13.1. The van der Waals surface area contributed by atoms with Crippen LogP contribution in [0.5, 0.6) is 0 Å². The van der Waals surface area contributed by atoms with E-state index in [4.69, 9.17) is 4.11 Å². The molecule has 8 bridgehead atoms. The molecule has 252 valence electrons. The SMILES string of the molecule is [2H]C([2H])([2H])[C@H]1Nc2ncnc3c2cc(C2(C#N)CCS(=O)(=O)CC2)c(=O)n3CCCCCCCN2CCC(CC2)C(F)(F)c2cccc1c2F. The molecule has 1 aromatic carbocycles. The number of fused-ring (bicyclic) bond motifs is 9. The summed E-state index contributed by atoms with van der Waals surface area (Å²) in [4.78, 5) is 25.0. The number of nitriles is 1. The van der Waals surface area contributed by atoms with Gasteiger partial charge in [-0.2, -0.15) is 5.26 Å². The third-order valence-corrected chi connectivity index (χ3v) is 11.9. The molecule has 47 heavy (non-hydrogen) atoms. The van der Waals surface area contributed by atoms with Crippen LogP contribution in [0.3, 0.4) is 0 Å². The second kappa shape index (κ2) is 13.2. The van der Waals surface area contributed by atoms with Crippen LogP contribution >= 0.6 is 0 Å². The molecule has 6 heterocycles. The molecular formula is C34H41F3N6O3S. The number of benzene rings is 1. The minimum Gasteiger partial charge on any atom is -0.363 e. The van der Waals surface area contributed by atoms with Crippen molar-refractivity contribution in [3.63, 3.8) is 0 Å². The largest absolute Gasteiger partial charge is 0.363 e. The van der Waals surface area contributed by atoms with E-state index >= 15 is 13.2 Å². The third kappa shape index (κ3) is 6.51. The molecule has 2 saturated heterocycles. The topological polar surface area (TPSA) is 121 Å². The Bertz CT molecular complexity index is 1950. The van der Waals surface area contributed by atoms with Gasteiger partial charge in [-0.3, -0.25) is 9.36 Å². The number of halogens is 3. The van der Waals surface area contributed by atoms with Gasteiger partial charge < -0.3 is 10.2 Å². The molecule has 0 amide bonds. The van der Waals surface area contributed by atoms with Gasteiger partial charge in [0.1, 0.15) is 33.4 Å². The summed E-state index contributed by atoms with van der Waals surface area (Å²) in [7, 11) is -3.41. The monoisotopic (exact) mass is 673 g/mol. The lowest BCUT2D eigenvalue weighted by Crippen LogP contribution is -2.41. The van der Waals surface area contributed by atoms with E-state index in [9.17, 15) is 18.5 Å². The zero-order valence-corrected chi connectivity index (χ0v) is 27.0. The highest BCUT2D eigenvalue weighted by atomic mass is 32.2. The lowest BCUT2D eigenvalue weighted by molar-refractivity contribution is -0.0880. The lowest BCUT2D eigenvalue weighted by Gasteiger charge is -2.36. The maximum atomic E-state index is 16.3. The van der Waals surface area contributed by atoms with Crippen LogP contribution in [0.2, 0.25) is 0 Å². The van der Waals surface area contributed by atoms with Crippen molar-refractivity contribution in [3.05, 3.63) is 63.5 Å². The minimum atomic E-state index is -3.55. The van der Waals surface area contributed by atoms with E-state index in [2.05, 4.69) is 26.3 Å². The summed E-state index contributed by atoms with van der Waals surface area (Å²) in [5, 5.41) is 13.4. The molecule has 7 rings (SSSR count). The van der Waals surface area contributed by atoms with Crippen LogP contribution in [0.1, 0.15) is 91.5 Å². The number of aryl methyl sites for hydroxylation is 1. The van der Waals surface area contributed by atoms with Crippen LogP contribution in [0.25, 0.3) is 11.0 Å². The number of aromatic nitrogens is 3. The number of sulfone groups is 1. The second-order valence-corrected chi connectivity index (χ2v) is 15.4. The number of rotatable bonds is 1. The van der Waals surface area contributed by atoms with Gasteiger partial charge in [0.2, 0.25) is 0 Å². The maximum absolute atomic E-state index is 16.3. The van der Waals surface area contributed by atoms with E-state index in [0.29, 0.717) is 19.5 Å². The fraction of sp³-hybridized carbons (Fsp3) is 0.588. The maximum Gasteiger partial charge on any atom is 0.278 e. The average Bonchev–Trinajstić information content (AvgIpc) is 3.07. The van der Waals surface area contributed by atoms with Gasteiger partial charge >= 0.3 is 0 Å². The van der Waals surface area contributed by atoms with Crippen LogP contribution in [-0.4, -0.2) is 59.0 Å². The van der Waals surface area contributed by atoms with Crippen LogP contribution < -0.4 is 10.9 Å². The minimum absolute atomic E-state index is 0.0430. The smallest absolute Gasteiger partial charge is 0.278 e. The molecule has 1 N–H and O–H groups in total. The Hall–Kier alpha value is -3.50. The summed E-state index contributed by atoms with van der Waals surface area (Å²) in [6.07, 6.45) is 5.31. The summed E-state index contributed by atoms with van der Waals surface area (Å²) in [6.45, 7) is -1.05. The molecule has 0 spiro atoms. The molecular weight excluding hydrogens is 629 g/mol. The van der Waals surface area contributed by atoms with Gasteiger partial charge in [0.15, 0.2) is 0 Å². The van der Waals surface area contributed by atoms with E-state index in [1.165, 1.54) is 16.7 Å². The van der Waals surface area contributed by atoms with Gasteiger partial charge in [0.05, 0.1) is 40.0 Å². The number of piperidine rings is 1. The summed E-state index contributed by atoms with van der Waals surface area (Å²) in [5.41, 5.74) is -3.10. The normalized spacial score (nSPS) is 27.4. The molecule has 4 aliphatic rings. The molecule has 2 fully saturated rings. The number of anilines is 1. The van der Waals surface area contributed by atoms with E-state index in [-0.39, 0.29) is 66.1 Å². The third-order valence-electron chi connectivity index (χ3n) is 10.2. The van der Waals surface area contributed by atoms with E-state index in [0.717, 1.165) is 50.7 Å². The van der Waals surface area contributed by atoms with Gasteiger partial charge in [-0.05, 0) is 71.1 Å². The number of nitrogens with one attached hydrogen (secondary N) is 1. The van der Waals surface area contributed by atoms with Gasteiger partial charge in [0.25, 0.3) is 11.5 Å². The predicted molar refractivity (Wildman–Crippen MR) is 174 cm³/mol. The first-order valence-corrected chi connectivity index (χ1v) is 18.2. The highest BCUT2D eigenvalue weighted by Gasteiger charge is 2.45. The molecule has 4 aliphatic heterocycles. The first kappa shape index (κ1) is 29.6. The molecule has 0 aliphatic carbocycles. The molecule has 0 radical (unpaired) electrons. The van der Waals surface area contributed by atoms with Crippen LogP contribution in [0.15, 0.2) is 35.4 Å². The number of alkyl halides is 2. The van der Waals surface area contributed by atoms with Gasteiger partial charge in [-0.1, -0.05) is 37.5 Å². The van der Waals surface area contributed by atoms with E-state index < -0.39 is 62.5 Å². The van der Waals surface area contributed by atoms with Gasteiger partial charge in [0, 0.05) is 27.7 Å². The fourth-order valence-corrected chi connectivity index (χ4v) is 8.82. The number of hydrogen-bond acceptors (Lipinski definition) is 8. The predicted octanol–water partition coefficient (Wildman–Crippen LogP) is 5.84. The van der Waals surface area contributed by atoms with Gasteiger partial charge in [-0.15, -0.1) is 0 Å². The number of nitrogens with zero attached hydrogens (tertiary/aromatic N) is 5. The first-order chi connectivity index (χ1) is 23.7. The summed E-state index contributed by atoms with van der Waals surface area (Å²) >= 11 is 0. The first-order valence-electron chi connectivity index (χ1n) is 17.8. The van der Waals surface area contributed by atoms with Crippen molar-refractivity contribution in [2.24, 2.45) is 5.92 Å². The zero-order valence-electron chi connectivity index (χ0n) is 29.2. The van der Waals surface area contributed by atoms with Crippen molar-refractivity contribution in [3.8, 4) is 6.07 Å². The van der Waals surface area contributed by atoms with Crippen molar-refractivity contribution in [2.75, 3.05) is 36.5 Å². The molecule has 13 heteroatoms. The van der Waals surface area contributed by atoms with Gasteiger partial charge in [-0.25, -0.2) is 31.6 Å². The molecule has 0 saturated carbocycles. The quantitative estimate of drug-likeness (QED) is 0.342. The summed E-state index contributed by atoms with van der Waals surface area (Å²) in [6, 6.07) is 5.17. The Labute approximate surface area is 277 Å². The lowest BCUT2D eigenvalue weighted by atomic mass is 9.77. The summed E-state index contributed by atoms with van der Waals surface area (Å²) < 4.78 is 99.6. The van der Waals surface area contributed by atoms with E-state index in [1.807, 2.05) is 0 Å². The Morgan fingerprint density at radius 2 is 1.72 bits per heavy atom. The molecule has 0 unspecified atom stereocenters. The van der Waals surface area contributed by atoms with Crippen molar-refractivity contribution in [1.29, 1.82) is 5.26 Å². The highest BCUT2D eigenvalue weighted by Crippen LogP contribution is 2.44. The van der Waals surface area contributed by atoms with Crippen LogP contribution in [-0.2, 0) is 27.7 Å². The molecule has 1 atom stereocenters. The molecule has 2 aromatic heterocycles. The number of pyridine rings is 1. The summed E-state index contributed by atoms with van der Waals surface area (Å²) in [5.74, 6) is -6.64. The Morgan fingerprint density at radius 1 is 1.02 bits per heavy atom. The van der Waals surface area contributed by atoms with Crippen LogP contribution in [0, 0.1) is 23.1 Å². The number of hydrogen-bond donors (Lipinski definition) is 1. The average molecular weight is 674 g/mol. The zero-order chi connectivity index (χ0) is 35.9. The standard InChI is InChI=1S/C34H41F3N6O3S/c1-23-25-8-7-9-27(29(25)35)34(36,37)24-10-16-42(17-11-24)14-5-3-2-4-6-15-43-31-26(30(41-23)39-22-40-31)20-28(32(43)44)33(21-38)12-18-47(45,46)19-13-33/h7-9,20,22-24H,2-6,10-19H2,1H3,(H,39,40,41)/t23-/m1/s1/i1D3. The van der Waals surface area contributed by atoms with Crippen molar-refractivity contribution >= 4 is 26.7 Å². The Morgan fingerprint density at radius 3 is 2.43 bits per heavy atom. The van der Waals surface area contributed by atoms with Crippen molar-refractivity contribution in [1.82, 2.24) is 19.4 Å².